The van der Waals surface area contributed by atoms with E-state index >= 15 is 0 Å². The van der Waals surface area contributed by atoms with Gasteiger partial charge in [0, 0.05) is 55.3 Å². The summed E-state index contributed by atoms with van der Waals surface area (Å²) in [5.41, 5.74) is 2.28. The lowest BCUT2D eigenvalue weighted by molar-refractivity contribution is 0.0378. The standard InChI is InChI=1S/C30H29ClN4O5/c1-30-16-24(23-15-21(31)6-8-25(23)40-30)32-29(37)35(30)22-4-2-3-20(14-22)28(36)34-11-9-33(10-12-34)17-19-5-7-26-27(13-19)39-18-38-26/h2-8,13-15,24H,9-12,16-18H2,1H3,(H,32,37). The van der Waals surface area contributed by atoms with Crippen molar-refractivity contribution in [3.05, 3.63) is 82.4 Å². The lowest BCUT2D eigenvalue weighted by atomic mass is 9.90. The lowest BCUT2D eigenvalue weighted by Gasteiger charge is -2.50. The van der Waals surface area contributed by atoms with Crippen LogP contribution < -0.4 is 24.4 Å². The van der Waals surface area contributed by atoms with E-state index < -0.39 is 5.72 Å². The number of anilines is 1. The predicted octanol–water partition coefficient (Wildman–Crippen LogP) is 4.80. The molecule has 3 amide bonds. The summed E-state index contributed by atoms with van der Waals surface area (Å²) in [6, 6.07) is 18.3. The number of piperazine rings is 1. The van der Waals surface area contributed by atoms with Crippen molar-refractivity contribution in [1.82, 2.24) is 15.1 Å². The molecule has 1 N–H and O–H groups in total. The second-order valence-corrected chi connectivity index (χ2v) is 11.2. The Morgan fingerprint density at radius 3 is 2.65 bits per heavy atom. The lowest BCUT2D eigenvalue weighted by Crippen LogP contribution is -2.65. The Bertz CT molecular complexity index is 1510. The Labute approximate surface area is 237 Å². The van der Waals surface area contributed by atoms with Crippen LogP contribution in [0.15, 0.2) is 60.7 Å². The number of nitrogens with one attached hydrogen (secondary N) is 1. The van der Waals surface area contributed by atoms with Crippen LogP contribution in [0.2, 0.25) is 5.02 Å². The maximum atomic E-state index is 13.5. The number of halogens is 1. The van der Waals surface area contributed by atoms with Crippen LogP contribution in [-0.2, 0) is 6.54 Å². The van der Waals surface area contributed by atoms with Crippen LogP contribution in [0.5, 0.6) is 17.2 Å². The highest BCUT2D eigenvalue weighted by molar-refractivity contribution is 6.30. The zero-order valence-corrected chi connectivity index (χ0v) is 22.8. The third kappa shape index (κ3) is 4.39. The molecule has 0 radical (unpaired) electrons. The third-order valence-electron chi connectivity index (χ3n) is 8.09. The number of urea groups is 1. The fourth-order valence-electron chi connectivity index (χ4n) is 6.10. The average Bonchev–Trinajstić information content (AvgIpc) is 3.41. The second kappa shape index (κ2) is 9.60. The molecule has 4 heterocycles. The molecular formula is C30H29ClN4O5. The fourth-order valence-corrected chi connectivity index (χ4v) is 6.28. The number of fused-ring (bicyclic) bond motifs is 5. The van der Waals surface area contributed by atoms with Gasteiger partial charge in [0.2, 0.25) is 6.79 Å². The molecule has 2 fully saturated rings. The van der Waals surface area contributed by atoms with Gasteiger partial charge in [0.15, 0.2) is 17.2 Å². The van der Waals surface area contributed by atoms with Crippen LogP contribution in [0.1, 0.15) is 40.9 Å². The van der Waals surface area contributed by atoms with Crippen molar-refractivity contribution in [2.24, 2.45) is 0 Å². The van der Waals surface area contributed by atoms with Gasteiger partial charge in [-0.3, -0.25) is 14.6 Å². The van der Waals surface area contributed by atoms with Gasteiger partial charge < -0.3 is 24.4 Å². The van der Waals surface area contributed by atoms with Crippen LogP contribution in [0, 0.1) is 0 Å². The molecule has 9 nitrogen and oxygen atoms in total. The van der Waals surface area contributed by atoms with Gasteiger partial charge in [0.05, 0.1) is 11.7 Å². The smallest absolute Gasteiger partial charge is 0.325 e. The van der Waals surface area contributed by atoms with E-state index in [1.807, 2.05) is 48.2 Å². The Morgan fingerprint density at radius 2 is 1.80 bits per heavy atom. The Balaban J connectivity index is 1.04. The van der Waals surface area contributed by atoms with Crippen LogP contribution in [0.4, 0.5) is 10.5 Å². The Morgan fingerprint density at radius 1 is 1.00 bits per heavy atom. The number of hydrogen-bond donors (Lipinski definition) is 1. The zero-order valence-electron chi connectivity index (χ0n) is 22.1. The number of rotatable bonds is 4. The highest BCUT2D eigenvalue weighted by atomic mass is 35.5. The minimum absolute atomic E-state index is 0.0467. The molecule has 0 aromatic heterocycles. The van der Waals surface area contributed by atoms with Crippen molar-refractivity contribution in [2.75, 3.05) is 37.9 Å². The summed E-state index contributed by atoms with van der Waals surface area (Å²) in [4.78, 5) is 32.7. The van der Waals surface area contributed by atoms with Gasteiger partial charge in [-0.15, -0.1) is 0 Å². The first kappa shape index (κ1) is 25.0. The van der Waals surface area contributed by atoms with Gasteiger partial charge in [-0.1, -0.05) is 23.7 Å². The molecule has 206 valence electrons. The predicted molar refractivity (Wildman–Crippen MR) is 149 cm³/mol. The van der Waals surface area contributed by atoms with Crippen molar-refractivity contribution >= 4 is 29.2 Å². The van der Waals surface area contributed by atoms with E-state index in [1.54, 1.807) is 23.1 Å². The number of carbonyl (C=O) groups excluding carboxylic acids is 2. The molecular weight excluding hydrogens is 532 g/mol. The molecule has 4 aliphatic rings. The summed E-state index contributed by atoms with van der Waals surface area (Å²) in [6.45, 7) is 5.74. The van der Waals surface area contributed by atoms with E-state index in [4.69, 9.17) is 25.8 Å². The number of benzene rings is 3. The summed E-state index contributed by atoms with van der Waals surface area (Å²) in [6.07, 6.45) is 0.551. The monoisotopic (exact) mass is 560 g/mol. The zero-order chi connectivity index (χ0) is 27.4. The summed E-state index contributed by atoms with van der Waals surface area (Å²) in [5.74, 6) is 2.21. The largest absolute Gasteiger partial charge is 0.467 e. The molecule has 3 aromatic carbocycles. The summed E-state index contributed by atoms with van der Waals surface area (Å²) < 4.78 is 17.3. The van der Waals surface area contributed by atoms with Crippen molar-refractivity contribution in [3.63, 3.8) is 0 Å². The van der Waals surface area contributed by atoms with Crippen LogP contribution in [0.25, 0.3) is 0 Å². The first-order valence-corrected chi connectivity index (χ1v) is 13.8. The van der Waals surface area contributed by atoms with Crippen molar-refractivity contribution < 1.29 is 23.8 Å². The van der Waals surface area contributed by atoms with Crippen molar-refractivity contribution in [1.29, 1.82) is 0 Å². The SMILES string of the molecule is CC12CC(NC(=O)N1c1cccc(C(=O)N3CCN(Cc4ccc5c(c4)OCO5)CC3)c1)c1cc(Cl)ccc1O2. The summed E-state index contributed by atoms with van der Waals surface area (Å²) >= 11 is 6.20. The molecule has 0 spiro atoms. The van der Waals surface area contributed by atoms with Crippen LogP contribution in [0.3, 0.4) is 0 Å². The Hall–Kier alpha value is -3.95. The van der Waals surface area contributed by atoms with Crippen molar-refractivity contribution in [2.45, 2.75) is 31.7 Å². The van der Waals surface area contributed by atoms with Gasteiger partial charge in [0.1, 0.15) is 5.75 Å². The molecule has 0 saturated carbocycles. The van der Waals surface area contributed by atoms with Gasteiger partial charge in [-0.2, -0.15) is 0 Å². The topological polar surface area (TPSA) is 83.6 Å². The van der Waals surface area contributed by atoms with E-state index in [0.717, 1.165) is 42.3 Å². The van der Waals surface area contributed by atoms with E-state index in [-0.39, 0.29) is 24.8 Å². The molecule has 3 aromatic rings. The first-order valence-electron chi connectivity index (χ1n) is 13.5. The average molecular weight is 561 g/mol. The van der Waals surface area contributed by atoms with E-state index in [0.29, 0.717) is 41.5 Å². The highest BCUT2D eigenvalue weighted by Gasteiger charge is 2.50. The Kier molecular flexibility index (Phi) is 6.01. The van der Waals surface area contributed by atoms with Crippen LogP contribution >= 0.6 is 11.6 Å². The van der Waals surface area contributed by atoms with Gasteiger partial charge >= 0.3 is 6.03 Å². The normalized spacial score (nSPS) is 23.4. The fraction of sp³-hybridized carbons (Fsp3) is 0.333. The number of nitrogens with zero attached hydrogens (tertiary/aromatic N) is 3. The number of amides is 3. The van der Waals surface area contributed by atoms with E-state index in [9.17, 15) is 9.59 Å². The maximum absolute atomic E-state index is 13.5. The molecule has 10 heteroatoms. The minimum Gasteiger partial charge on any atom is -0.467 e. The molecule has 2 atom stereocenters. The molecule has 2 unspecified atom stereocenters. The van der Waals surface area contributed by atoms with Crippen LogP contribution in [-0.4, -0.2) is 60.4 Å². The highest BCUT2D eigenvalue weighted by Crippen LogP contribution is 2.46. The summed E-state index contributed by atoms with van der Waals surface area (Å²) in [5, 5.41) is 3.69. The quantitative estimate of drug-likeness (QED) is 0.494. The number of ether oxygens (including phenoxy) is 3. The molecule has 40 heavy (non-hydrogen) atoms. The summed E-state index contributed by atoms with van der Waals surface area (Å²) in [7, 11) is 0. The maximum Gasteiger partial charge on any atom is 0.325 e. The van der Waals surface area contributed by atoms with Gasteiger partial charge in [0.25, 0.3) is 5.91 Å². The number of hydrogen-bond acceptors (Lipinski definition) is 6. The second-order valence-electron chi connectivity index (χ2n) is 10.8. The molecule has 7 rings (SSSR count). The molecule has 2 saturated heterocycles. The molecule has 0 aliphatic carbocycles. The van der Waals surface area contributed by atoms with Gasteiger partial charge in [-0.05, 0) is 61.0 Å². The molecule has 2 bridgehead atoms. The van der Waals surface area contributed by atoms with Gasteiger partial charge in [-0.25, -0.2) is 4.79 Å². The number of carbonyl (C=O) groups is 2. The van der Waals surface area contributed by atoms with E-state index in [2.05, 4.69) is 16.3 Å². The first-order chi connectivity index (χ1) is 19.4. The van der Waals surface area contributed by atoms with E-state index in [1.165, 1.54) is 0 Å². The minimum atomic E-state index is -0.907. The molecule has 4 aliphatic heterocycles. The van der Waals surface area contributed by atoms with Crippen molar-refractivity contribution in [3.8, 4) is 17.2 Å². The third-order valence-corrected chi connectivity index (χ3v) is 8.32.